The van der Waals surface area contributed by atoms with Gasteiger partial charge in [-0.25, -0.2) is 0 Å². The van der Waals surface area contributed by atoms with E-state index in [2.05, 4.69) is 43.5 Å². The summed E-state index contributed by atoms with van der Waals surface area (Å²) in [6.45, 7) is 4.26. The number of unbranched alkanes of at least 4 members (excludes halogenated alkanes) is 31. The standard InChI is InChI=1S/C58H107NO10/c1-3-5-7-9-11-13-14-15-19-23-26-30-34-38-42-46-54(63)67-47-43-39-35-31-27-24-21-18-16-17-20-22-25-29-33-37-41-45-53(62)59-50(51(61)44-40-36-32-28-12-10-8-6-4-2)49-68-58-57(66)56(65)55(64)52(48-60)69-58/h11,13,15,19,40,44,50-52,55-58,60-61,64-66H,3-10,12,14,16-18,20-39,41-43,45-49H2,1-2H3,(H,59,62)/b13-11-,19-15-,44-40+. The number of hydrogen-bond acceptors (Lipinski definition) is 10. The van der Waals surface area contributed by atoms with E-state index in [1.54, 1.807) is 6.08 Å². The van der Waals surface area contributed by atoms with Crippen molar-refractivity contribution in [3.8, 4) is 0 Å². The molecular weight excluding hydrogens is 871 g/mol. The van der Waals surface area contributed by atoms with E-state index in [0.29, 0.717) is 19.4 Å². The largest absolute Gasteiger partial charge is 0.466 e. The Bertz CT molecular complexity index is 1240. The molecule has 11 heteroatoms. The monoisotopic (exact) mass is 978 g/mol. The van der Waals surface area contributed by atoms with E-state index >= 15 is 0 Å². The van der Waals surface area contributed by atoms with Gasteiger partial charge in [-0.15, -0.1) is 0 Å². The first-order valence-corrected chi connectivity index (χ1v) is 28.8. The second kappa shape index (κ2) is 48.2. The lowest BCUT2D eigenvalue weighted by atomic mass is 9.99. The predicted octanol–water partition coefficient (Wildman–Crippen LogP) is 12.7. The van der Waals surface area contributed by atoms with Gasteiger partial charge in [-0.3, -0.25) is 9.59 Å². The van der Waals surface area contributed by atoms with Gasteiger partial charge in [0.25, 0.3) is 0 Å². The summed E-state index contributed by atoms with van der Waals surface area (Å²) in [5, 5.41) is 54.2. The molecule has 1 rings (SSSR count). The van der Waals surface area contributed by atoms with E-state index in [1.807, 2.05) is 6.08 Å². The molecule has 69 heavy (non-hydrogen) atoms. The molecule has 1 amide bonds. The molecule has 0 bridgehead atoms. The zero-order valence-corrected chi connectivity index (χ0v) is 44.3. The lowest BCUT2D eigenvalue weighted by molar-refractivity contribution is -0.302. The number of ether oxygens (including phenoxy) is 3. The second-order valence-electron chi connectivity index (χ2n) is 20.0. The fourth-order valence-electron chi connectivity index (χ4n) is 8.88. The highest BCUT2D eigenvalue weighted by Crippen LogP contribution is 2.23. The molecule has 6 N–H and O–H groups in total. The lowest BCUT2D eigenvalue weighted by Crippen LogP contribution is -2.60. The maximum absolute atomic E-state index is 13.0. The Morgan fingerprint density at radius 3 is 1.49 bits per heavy atom. The molecule has 0 aromatic rings. The molecule has 1 saturated heterocycles. The van der Waals surface area contributed by atoms with Crippen LogP contribution in [0.2, 0.25) is 0 Å². The molecule has 0 aromatic carbocycles. The van der Waals surface area contributed by atoms with Crippen molar-refractivity contribution >= 4 is 11.9 Å². The van der Waals surface area contributed by atoms with Gasteiger partial charge in [0.05, 0.1) is 32.0 Å². The molecule has 404 valence electrons. The number of nitrogens with one attached hydrogen (secondary N) is 1. The molecule has 1 aliphatic heterocycles. The van der Waals surface area contributed by atoms with Crippen molar-refractivity contribution < 1.29 is 49.3 Å². The normalized spacial score (nSPS) is 19.6. The van der Waals surface area contributed by atoms with Crippen molar-refractivity contribution in [3.63, 3.8) is 0 Å². The summed E-state index contributed by atoms with van der Waals surface area (Å²) in [6, 6.07) is -0.813. The highest BCUT2D eigenvalue weighted by molar-refractivity contribution is 5.76. The van der Waals surface area contributed by atoms with Gasteiger partial charge >= 0.3 is 5.97 Å². The number of carbonyl (C=O) groups excluding carboxylic acids is 2. The molecule has 0 aliphatic carbocycles. The number of allylic oxidation sites excluding steroid dienone is 5. The Balaban J connectivity index is 2.04. The average molecular weight is 978 g/mol. The molecule has 0 aromatic heterocycles. The van der Waals surface area contributed by atoms with Crippen LogP contribution < -0.4 is 5.32 Å². The zero-order valence-electron chi connectivity index (χ0n) is 44.3. The van der Waals surface area contributed by atoms with Gasteiger partial charge in [0.1, 0.15) is 24.4 Å². The molecule has 0 radical (unpaired) electrons. The van der Waals surface area contributed by atoms with Crippen LogP contribution in [-0.4, -0.2) is 100 Å². The molecule has 0 spiro atoms. The Morgan fingerprint density at radius 1 is 0.536 bits per heavy atom. The van der Waals surface area contributed by atoms with Crippen LogP contribution in [0.5, 0.6) is 0 Å². The van der Waals surface area contributed by atoms with Gasteiger partial charge in [-0.05, 0) is 64.2 Å². The summed E-state index contributed by atoms with van der Waals surface area (Å²) in [7, 11) is 0. The van der Waals surface area contributed by atoms with E-state index in [4.69, 9.17) is 14.2 Å². The first-order valence-electron chi connectivity index (χ1n) is 28.8. The third kappa shape index (κ3) is 38.2. The summed E-state index contributed by atoms with van der Waals surface area (Å²) in [4.78, 5) is 25.0. The molecule has 7 atom stereocenters. The van der Waals surface area contributed by atoms with Gasteiger partial charge in [0.2, 0.25) is 5.91 Å². The smallest absolute Gasteiger partial charge is 0.305 e. The van der Waals surface area contributed by atoms with Crippen molar-refractivity contribution in [1.82, 2.24) is 5.32 Å². The van der Waals surface area contributed by atoms with Crippen LogP contribution in [0.4, 0.5) is 0 Å². The van der Waals surface area contributed by atoms with E-state index < -0.39 is 49.5 Å². The number of carbonyl (C=O) groups is 2. The quantitative estimate of drug-likeness (QED) is 0.0196. The topological polar surface area (TPSA) is 175 Å². The van der Waals surface area contributed by atoms with Crippen molar-refractivity contribution in [2.45, 2.75) is 301 Å². The molecule has 0 saturated carbocycles. The first-order chi connectivity index (χ1) is 33.7. The SMILES string of the molecule is CCCCC/C=C\C/C=C\CCCCCCCC(=O)OCCCCCCCCCCCCCCCCCCCC(=O)NC(COC1OC(CO)C(O)C(O)C1O)C(O)/C=C/CCCCCCCCC. The summed E-state index contributed by atoms with van der Waals surface area (Å²) < 4.78 is 16.7. The summed E-state index contributed by atoms with van der Waals surface area (Å²) in [6.07, 6.45) is 48.1. The fourth-order valence-corrected chi connectivity index (χ4v) is 8.88. The maximum atomic E-state index is 13.0. The number of hydrogen-bond donors (Lipinski definition) is 6. The average Bonchev–Trinajstić information content (AvgIpc) is 3.34. The van der Waals surface area contributed by atoms with E-state index in [-0.39, 0.29) is 18.5 Å². The Hall–Kier alpha value is -2.12. The first kappa shape index (κ1) is 64.9. The third-order valence-electron chi connectivity index (χ3n) is 13.5. The second-order valence-corrected chi connectivity index (χ2v) is 20.0. The molecule has 11 nitrogen and oxygen atoms in total. The zero-order chi connectivity index (χ0) is 50.3. The van der Waals surface area contributed by atoms with Crippen LogP contribution in [-0.2, 0) is 23.8 Å². The van der Waals surface area contributed by atoms with E-state index in [9.17, 15) is 35.1 Å². The molecule has 1 heterocycles. The van der Waals surface area contributed by atoms with Crippen LogP contribution in [0.25, 0.3) is 0 Å². The number of rotatable bonds is 49. The van der Waals surface area contributed by atoms with Gasteiger partial charge in [-0.2, -0.15) is 0 Å². The third-order valence-corrected chi connectivity index (χ3v) is 13.5. The van der Waals surface area contributed by atoms with Crippen LogP contribution >= 0.6 is 0 Å². The number of amides is 1. The summed E-state index contributed by atoms with van der Waals surface area (Å²) in [5.41, 5.74) is 0. The van der Waals surface area contributed by atoms with Gasteiger partial charge < -0.3 is 45.1 Å². The number of esters is 1. The van der Waals surface area contributed by atoms with Crippen molar-refractivity contribution in [1.29, 1.82) is 0 Å². The van der Waals surface area contributed by atoms with Crippen molar-refractivity contribution in [2.75, 3.05) is 19.8 Å². The lowest BCUT2D eigenvalue weighted by Gasteiger charge is -2.40. The van der Waals surface area contributed by atoms with Crippen molar-refractivity contribution in [2.24, 2.45) is 0 Å². The van der Waals surface area contributed by atoms with E-state index in [1.165, 1.54) is 154 Å². The minimum absolute atomic E-state index is 0.0259. The summed E-state index contributed by atoms with van der Waals surface area (Å²) >= 11 is 0. The van der Waals surface area contributed by atoms with Gasteiger partial charge in [0.15, 0.2) is 6.29 Å². The highest BCUT2D eigenvalue weighted by atomic mass is 16.7. The molecule has 1 fully saturated rings. The van der Waals surface area contributed by atoms with Gasteiger partial charge in [0, 0.05) is 12.8 Å². The number of aliphatic hydroxyl groups excluding tert-OH is 5. The Kier molecular flexibility index (Phi) is 45.3. The van der Waals surface area contributed by atoms with Crippen LogP contribution in [0.15, 0.2) is 36.5 Å². The highest BCUT2D eigenvalue weighted by Gasteiger charge is 2.44. The Labute approximate surface area is 422 Å². The fraction of sp³-hybridized carbons (Fsp3) is 0.862. The minimum Gasteiger partial charge on any atom is -0.466 e. The van der Waals surface area contributed by atoms with Crippen LogP contribution in [0, 0.1) is 0 Å². The van der Waals surface area contributed by atoms with Crippen molar-refractivity contribution in [3.05, 3.63) is 36.5 Å². The summed E-state index contributed by atoms with van der Waals surface area (Å²) in [5.74, 6) is -0.216. The minimum atomic E-state index is -1.57. The van der Waals surface area contributed by atoms with Crippen LogP contribution in [0.1, 0.15) is 258 Å². The van der Waals surface area contributed by atoms with E-state index in [0.717, 1.165) is 77.0 Å². The molecular formula is C58H107NO10. The Morgan fingerprint density at radius 2 is 0.971 bits per heavy atom. The predicted molar refractivity (Wildman–Crippen MR) is 283 cm³/mol. The number of aliphatic hydroxyl groups is 5. The molecule has 7 unspecified atom stereocenters. The maximum Gasteiger partial charge on any atom is 0.305 e. The molecule has 1 aliphatic rings. The van der Waals surface area contributed by atoms with Gasteiger partial charge in [-0.1, -0.05) is 217 Å². The van der Waals surface area contributed by atoms with Crippen LogP contribution in [0.3, 0.4) is 0 Å².